The van der Waals surface area contributed by atoms with E-state index in [-0.39, 0.29) is 24.4 Å². The molecule has 6 heteroatoms. The summed E-state index contributed by atoms with van der Waals surface area (Å²) in [5.41, 5.74) is 6.86. The van der Waals surface area contributed by atoms with Gasteiger partial charge < -0.3 is 16.4 Å². The van der Waals surface area contributed by atoms with Crippen LogP contribution < -0.4 is 16.4 Å². The number of nitrogens with one attached hydrogen (secondary N) is 2. The molecule has 0 aromatic heterocycles. The Labute approximate surface area is 131 Å². The molecule has 0 saturated carbocycles. The number of hydrogen-bond donors (Lipinski definition) is 3. The van der Waals surface area contributed by atoms with E-state index in [1.54, 1.807) is 11.8 Å². The summed E-state index contributed by atoms with van der Waals surface area (Å²) in [4.78, 5) is 11.8. The third kappa shape index (κ3) is 7.62. The van der Waals surface area contributed by atoms with Crippen LogP contribution in [0, 0.1) is 0 Å². The number of benzene rings is 1. The maximum atomic E-state index is 11.8. The third-order valence-electron chi connectivity index (χ3n) is 2.74. The lowest BCUT2D eigenvalue weighted by Gasteiger charge is -2.18. The number of nitrogens with two attached hydrogens (primary N) is 1. The van der Waals surface area contributed by atoms with Gasteiger partial charge in [-0.1, -0.05) is 18.2 Å². The molecule has 1 aromatic carbocycles. The first kappa shape index (κ1) is 19.1. The Morgan fingerprint density at radius 3 is 2.60 bits per heavy atom. The van der Waals surface area contributed by atoms with Gasteiger partial charge in [0.25, 0.3) is 0 Å². The van der Waals surface area contributed by atoms with Crippen molar-refractivity contribution in [3.8, 4) is 0 Å². The molecule has 0 heterocycles. The quantitative estimate of drug-likeness (QED) is 0.687. The average molecular weight is 318 g/mol. The number of anilines is 1. The summed E-state index contributed by atoms with van der Waals surface area (Å²) >= 11 is 1.70. The molecule has 0 aliphatic heterocycles. The van der Waals surface area contributed by atoms with Crippen LogP contribution in [-0.2, 0) is 4.79 Å². The fourth-order valence-electron chi connectivity index (χ4n) is 1.60. The van der Waals surface area contributed by atoms with Gasteiger partial charge in [0.1, 0.15) is 0 Å². The second-order valence-electron chi connectivity index (χ2n) is 4.54. The van der Waals surface area contributed by atoms with E-state index in [9.17, 15) is 4.79 Å². The van der Waals surface area contributed by atoms with Crippen LogP contribution in [0.4, 0.5) is 5.69 Å². The minimum absolute atomic E-state index is 0. The van der Waals surface area contributed by atoms with E-state index in [0.717, 1.165) is 11.4 Å². The SMILES string of the molecule is CSCCC(N)C(=O)NC(C)CNc1ccccc1.Cl. The zero-order valence-electron chi connectivity index (χ0n) is 12.0. The first-order valence-electron chi connectivity index (χ1n) is 6.47. The predicted molar refractivity (Wildman–Crippen MR) is 90.8 cm³/mol. The minimum Gasteiger partial charge on any atom is -0.383 e. The van der Waals surface area contributed by atoms with E-state index in [1.165, 1.54) is 0 Å². The highest BCUT2D eigenvalue weighted by Gasteiger charge is 2.14. The molecule has 0 spiro atoms. The minimum atomic E-state index is -0.411. The summed E-state index contributed by atoms with van der Waals surface area (Å²) in [5.74, 6) is 0.835. The molecule has 2 atom stereocenters. The standard InChI is InChI=1S/C14H23N3OS.ClH/c1-11(10-16-12-6-4-3-5-7-12)17-14(18)13(15)8-9-19-2;/h3-7,11,13,16H,8-10,15H2,1-2H3,(H,17,18);1H. The van der Waals surface area contributed by atoms with Crippen LogP contribution in [0.25, 0.3) is 0 Å². The van der Waals surface area contributed by atoms with Crippen LogP contribution in [0.5, 0.6) is 0 Å². The molecule has 0 bridgehead atoms. The molecule has 1 aromatic rings. The Kier molecular flexibility index (Phi) is 10.3. The van der Waals surface area contributed by atoms with E-state index < -0.39 is 6.04 Å². The van der Waals surface area contributed by atoms with Crippen molar-refractivity contribution in [2.24, 2.45) is 5.73 Å². The van der Waals surface area contributed by atoms with Gasteiger partial charge in [0, 0.05) is 18.3 Å². The molecule has 4 N–H and O–H groups in total. The maximum Gasteiger partial charge on any atom is 0.237 e. The normalized spacial score (nSPS) is 12.9. The molecule has 0 fully saturated rings. The summed E-state index contributed by atoms with van der Waals surface area (Å²) in [6.07, 6.45) is 2.73. The van der Waals surface area contributed by atoms with Gasteiger partial charge in [0.15, 0.2) is 0 Å². The second kappa shape index (κ2) is 10.8. The molecule has 4 nitrogen and oxygen atoms in total. The molecule has 114 valence electrons. The third-order valence-corrected chi connectivity index (χ3v) is 3.39. The summed E-state index contributed by atoms with van der Waals surface area (Å²) in [6.45, 7) is 2.65. The number of amides is 1. The highest BCUT2D eigenvalue weighted by Crippen LogP contribution is 2.04. The molecule has 0 saturated heterocycles. The van der Waals surface area contributed by atoms with Crippen molar-refractivity contribution in [3.63, 3.8) is 0 Å². The van der Waals surface area contributed by atoms with Gasteiger partial charge in [0.05, 0.1) is 6.04 Å². The smallest absolute Gasteiger partial charge is 0.237 e. The Morgan fingerprint density at radius 1 is 1.35 bits per heavy atom. The lowest BCUT2D eigenvalue weighted by molar-refractivity contribution is -0.122. The fraction of sp³-hybridized carbons (Fsp3) is 0.500. The van der Waals surface area contributed by atoms with Crippen molar-refractivity contribution >= 4 is 35.8 Å². The average Bonchev–Trinajstić information content (AvgIpc) is 2.43. The van der Waals surface area contributed by atoms with Gasteiger partial charge in [-0.15, -0.1) is 12.4 Å². The predicted octanol–water partition coefficient (Wildman–Crippen LogP) is 2.11. The van der Waals surface area contributed by atoms with Crippen molar-refractivity contribution in [3.05, 3.63) is 30.3 Å². The number of carbonyl (C=O) groups is 1. The number of carbonyl (C=O) groups excluding carboxylic acids is 1. The Hall–Kier alpha value is -0.910. The molecule has 1 amide bonds. The summed E-state index contributed by atoms with van der Waals surface area (Å²) < 4.78 is 0. The number of thioether (sulfide) groups is 1. The van der Waals surface area contributed by atoms with Crippen LogP contribution >= 0.6 is 24.2 Å². The molecule has 0 radical (unpaired) electrons. The van der Waals surface area contributed by atoms with Crippen LogP contribution in [0.3, 0.4) is 0 Å². The second-order valence-corrected chi connectivity index (χ2v) is 5.53. The van der Waals surface area contributed by atoms with Gasteiger partial charge in [-0.3, -0.25) is 4.79 Å². The van der Waals surface area contributed by atoms with Gasteiger partial charge in [-0.25, -0.2) is 0 Å². The molecule has 20 heavy (non-hydrogen) atoms. The van der Waals surface area contributed by atoms with Gasteiger partial charge in [-0.05, 0) is 37.5 Å². The first-order chi connectivity index (χ1) is 9.13. The van der Waals surface area contributed by atoms with Crippen molar-refractivity contribution in [2.45, 2.75) is 25.4 Å². The lowest BCUT2D eigenvalue weighted by atomic mass is 10.2. The highest BCUT2D eigenvalue weighted by molar-refractivity contribution is 7.98. The summed E-state index contributed by atoms with van der Waals surface area (Å²) in [7, 11) is 0. The molecular formula is C14H24ClN3OS. The van der Waals surface area contributed by atoms with Crippen molar-refractivity contribution < 1.29 is 4.79 Å². The van der Waals surface area contributed by atoms with Gasteiger partial charge in [0.2, 0.25) is 5.91 Å². The van der Waals surface area contributed by atoms with Crippen molar-refractivity contribution in [2.75, 3.05) is 23.9 Å². The molecular weight excluding hydrogens is 294 g/mol. The summed E-state index contributed by atoms with van der Waals surface area (Å²) in [6, 6.07) is 9.56. The van der Waals surface area contributed by atoms with Crippen LogP contribution in [0.15, 0.2) is 30.3 Å². The Morgan fingerprint density at radius 2 is 2.00 bits per heavy atom. The molecule has 2 unspecified atom stereocenters. The van der Waals surface area contributed by atoms with Crippen LogP contribution in [0.2, 0.25) is 0 Å². The summed E-state index contributed by atoms with van der Waals surface area (Å²) in [5, 5.41) is 6.20. The number of rotatable bonds is 8. The molecule has 0 aliphatic rings. The lowest BCUT2D eigenvalue weighted by Crippen LogP contribution is -2.46. The van der Waals surface area contributed by atoms with Crippen LogP contribution in [0.1, 0.15) is 13.3 Å². The highest BCUT2D eigenvalue weighted by atomic mass is 35.5. The topological polar surface area (TPSA) is 67.2 Å². The van der Waals surface area contributed by atoms with E-state index >= 15 is 0 Å². The fourth-order valence-corrected chi connectivity index (χ4v) is 2.09. The van der Waals surface area contributed by atoms with Gasteiger partial charge >= 0.3 is 0 Å². The largest absolute Gasteiger partial charge is 0.383 e. The van der Waals surface area contributed by atoms with E-state index in [1.807, 2.05) is 43.5 Å². The van der Waals surface area contributed by atoms with Gasteiger partial charge in [-0.2, -0.15) is 11.8 Å². The number of hydrogen-bond acceptors (Lipinski definition) is 4. The molecule has 0 aliphatic carbocycles. The maximum absolute atomic E-state index is 11.8. The van der Waals surface area contributed by atoms with E-state index in [4.69, 9.17) is 5.73 Å². The Bertz CT molecular complexity index is 378. The Balaban J connectivity index is 0.00000361. The number of para-hydroxylation sites is 1. The van der Waals surface area contributed by atoms with Crippen molar-refractivity contribution in [1.82, 2.24) is 5.32 Å². The monoisotopic (exact) mass is 317 g/mol. The zero-order chi connectivity index (χ0) is 14.1. The van der Waals surface area contributed by atoms with E-state index in [0.29, 0.717) is 13.0 Å². The van der Waals surface area contributed by atoms with Crippen molar-refractivity contribution in [1.29, 1.82) is 0 Å². The van der Waals surface area contributed by atoms with Crippen LogP contribution in [-0.4, -0.2) is 36.5 Å². The van der Waals surface area contributed by atoms with E-state index in [2.05, 4.69) is 10.6 Å². The zero-order valence-corrected chi connectivity index (χ0v) is 13.6. The molecule has 1 rings (SSSR count). The first-order valence-corrected chi connectivity index (χ1v) is 7.86. The number of halogens is 1.